The second kappa shape index (κ2) is 8.33. The van der Waals surface area contributed by atoms with Crippen LogP contribution in [-0.4, -0.2) is 18.7 Å². The van der Waals surface area contributed by atoms with Crippen molar-refractivity contribution >= 4 is 28.4 Å². The predicted octanol–water partition coefficient (Wildman–Crippen LogP) is 4.24. The fourth-order valence-electron chi connectivity index (χ4n) is 1.92. The summed E-state index contributed by atoms with van der Waals surface area (Å²) in [4.78, 5) is 24.9. The van der Waals surface area contributed by atoms with E-state index in [1.165, 1.54) is 11.3 Å². The minimum Gasteiger partial charge on any atom is -0.462 e. The number of carbonyl (C=O) groups is 2. The molecule has 0 saturated heterocycles. The summed E-state index contributed by atoms with van der Waals surface area (Å²) >= 11 is 1.35. The number of benzene rings is 1. The van der Waals surface area contributed by atoms with Crippen molar-refractivity contribution in [3.8, 4) is 0 Å². The lowest BCUT2D eigenvalue weighted by Crippen LogP contribution is -2.15. The SMILES string of the molecule is CCOC(=O)c1cc(CC)sc1NC(=O)OCc1ccccc1. The van der Waals surface area contributed by atoms with Crippen molar-refractivity contribution in [2.24, 2.45) is 0 Å². The van der Waals surface area contributed by atoms with Crippen LogP contribution >= 0.6 is 11.3 Å². The lowest BCUT2D eigenvalue weighted by Gasteiger charge is -2.07. The zero-order chi connectivity index (χ0) is 16.7. The van der Waals surface area contributed by atoms with Crippen molar-refractivity contribution in [3.05, 3.63) is 52.4 Å². The van der Waals surface area contributed by atoms with Crippen molar-refractivity contribution in [1.29, 1.82) is 0 Å². The molecular weight excluding hydrogens is 314 g/mol. The number of aryl methyl sites for hydroxylation is 1. The molecule has 1 aromatic heterocycles. The Balaban J connectivity index is 2.02. The van der Waals surface area contributed by atoms with Gasteiger partial charge in [-0.15, -0.1) is 11.3 Å². The number of nitrogens with one attached hydrogen (secondary N) is 1. The Labute approximate surface area is 139 Å². The number of ether oxygens (including phenoxy) is 2. The van der Waals surface area contributed by atoms with E-state index in [-0.39, 0.29) is 13.2 Å². The molecule has 1 heterocycles. The van der Waals surface area contributed by atoms with Crippen LogP contribution in [0.3, 0.4) is 0 Å². The number of thiophene rings is 1. The second-order valence-electron chi connectivity index (χ2n) is 4.72. The molecule has 0 aliphatic rings. The molecule has 0 atom stereocenters. The summed E-state index contributed by atoms with van der Waals surface area (Å²) in [7, 11) is 0. The van der Waals surface area contributed by atoms with Crippen molar-refractivity contribution in [3.63, 3.8) is 0 Å². The van der Waals surface area contributed by atoms with E-state index < -0.39 is 12.1 Å². The molecule has 5 nitrogen and oxygen atoms in total. The third-order valence-electron chi connectivity index (χ3n) is 3.06. The highest BCUT2D eigenvalue weighted by molar-refractivity contribution is 7.16. The highest BCUT2D eigenvalue weighted by Gasteiger charge is 2.19. The van der Waals surface area contributed by atoms with E-state index in [1.807, 2.05) is 37.3 Å². The third-order valence-corrected chi connectivity index (χ3v) is 4.25. The number of rotatable bonds is 6. The average Bonchev–Trinajstić information content (AvgIpc) is 2.97. The highest BCUT2D eigenvalue weighted by atomic mass is 32.1. The minimum absolute atomic E-state index is 0.174. The number of amides is 1. The fourth-order valence-corrected chi connectivity index (χ4v) is 2.89. The molecule has 0 aliphatic heterocycles. The van der Waals surface area contributed by atoms with Gasteiger partial charge < -0.3 is 9.47 Å². The third kappa shape index (κ3) is 4.82. The lowest BCUT2D eigenvalue weighted by atomic mass is 10.2. The van der Waals surface area contributed by atoms with E-state index in [0.717, 1.165) is 16.9 Å². The maximum atomic E-state index is 11.9. The van der Waals surface area contributed by atoms with E-state index in [4.69, 9.17) is 9.47 Å². The zero-order valence-corrected chi connectivity index (χ0v) is 13.9. The Morgan fingerprint density at radius 2 is 1.87 bits per heavy atom. The van der Waals surface area contributed by atoms with E-state index in [1.54, 1.807) is 13.0 Å². The largest absolute Gasteiger partial charge is 0.462 e. The number of anilines is 1. The van der Waals surface area contributed by atoms with Gasteiger partial charge in [0.05, 0.1) is 12.2 Å². The van der Waals surface area contributed by atoms with Crippen LogP contribution < -0.4 is 5.32 Å². The van der Waals surface area contributed by atoms with Crippen molar-refractivity contribution < 1.29 is 19.1 Å². The van der Waals surface area contributed by atoms with Gasteiger partial charge in [-0.2, -0.15) is 0 Å². The van der Waals surface area contributed by atoms with Gasteiger partial charge in [0, 0.05) is 4.88 Å². The summed E-state index contributed by atoms with van der Waals surface area (Å²) in [5, 5.41) is 3.09. The van der Waals surface area contributed by atoms with Gasteiger partial charge in [0.15, 0.2) is 0 Å². The normalized spacial score (nSPS) is 10.2. The molecule has 0 fully saturated rings. The topological polar surface area (TPSA) is 64.6 Å². The first-order valence-electron chi connectivity index (χ1n) is 7.41. The first-order valence-corrected chi connectivity index (χ1v) is 8.23. The maximum Gasteiger partial charge on any atom is 0.412 e. The van der Waals surface area contributed by atoms with Crippen LogP contribution in [0.1, 0.15) is 34.6 Å². The zero-order valence-electron chi connectivity index (χ0n) is 13.1. The van der Waals surface area contributed by atoms with Crippen LogP contribution in [-0.2, 0) is 22.5 Å². The predicted molar refractivity (Wildman–Crippen MR) is 89.9 cm³/mol. The molecule has 1 N–H and O–H groups in total. The Morgan fingerprint density at radius 1 is 1.13 bits per heavy atom. The van der Waals surface area contributed by atoms with E-state index in [9.17, 15) is 9.59 Å². The summed E-state index contributed by atoms with van der Waals surface area (Å²) in [5.41, 5.74) is 1.26. The summed E-state index contributed by atoms with van der Waals surface area (Å²) in [6.07, 6.45) is 0.182. The van der Waals surface area contributed by atoms with Crippen LogP contribution in [0, 0.1) is 0 Å². The van der Waals surface area contributed by atoms with Crippen molar-refractivity contribution in [1.82, 2.24) is 0 Å². The van der Waals surface area contributed by atoms with Gasteiger partial charge in [0.25, 0.3) is 0 Å². The molecule has 0 spiro atoms. The molecule has 6 heteroatoms. The molecule has 2 rings (SSSR count). The second-order valence-corrected chi connectivity index (χ2v) is 5.85. The van der Waals surface area contributed by atoms with Gasteiger partial charge >= 0.3 is 12.1 Å². The quantitative estimate of drug-likeness (QED) is 0.803. The minimum atomic E-state index is -0.594. The monoisotopic (exact) mass is 333 g/mol. The summed E-state index contributed by atoms with van der Waals surface area (Å²) in [5.74, 6) is -0.443. The average molecular weight is 333 g/mol. The van der Waals surface area contributed by atoms with Crippen LogP contribution in [0.25, 0.3) is 0 Å². The van der Waals surface area contributed by atoms with Gasteiger partial charge in [-0.1, -0.05) is 37.3 Å². The molecule has 1 amide bonds. The van der Waals surface area contributed by atoms with Crippen LogP contribution in [0.2, 0.25) is 0 Å². The molecule has 0 aliphatic carbocycles. The number of hydrogen-bond donors (Lipinski definition) is 1. The van der Waals surface area contributed by atoms with Gasteiger partial charge in [-0.25, -0.2) is 9.59 Å². The standard InChI is InChI=1S/C17H19NO4S/c1-3-13-10-14(16(19)21-4-2)15(23-13)18-17(20)22-11-12-8-6-5-7-9-12/h5-10H,3-4,11H2,1-2H3,(H,18,20). The molecule has 0 radical (unpaired) electrons. The van der Waals surface area contributed by atoms with E-state index >= 15 is 0 Å². The molecule has 0 unspecified atom stereocenters. The van der Waals surface area contributed by atoms with Crippen molar-refractivity contribution in [2.45, 2.75) is 26.9 Å². The Hall–Kier alpha value is -2.34. The fraction of sp³-hybridized carbons (Fsp3) is 0.294. The Bertz CT molecular complexity index is 666. The summed E-state index contributed by atoms with van der Waals surface area (Å²) in [6.45, 7) is 4.19. The maximum absolute atomic E-state index is 11.9. The van der Waals surface area contributed by atoms with Crippen molar-refractivity contribution in [2.75, 3.05) is 11.9 Å². The van der Waals surface area contributed by atoms with Crippen LogP contribution in [0.4, 0.5) is 9.80 Å². The van der Waals surface area contributed by atoms with E-state index in [2.05, 4.69) is 5.32 Å². The Morgan fingerprint density at radius 3 is 2.52 bits per heavy atom. The molecule has 1 aromatic carbocycles. The van der Waals surface area contributed by atoms with Crippen LogP contribution in [0.15, 0.2) is 36.4 Å². The highest BCUT2D eigenvalue weighted by Crippen LogP contribution is 2.29. The van der Waals surface area contributed by atoms with E-state index in [0.29, 0.717) is 10.6 Å². The Kier molecular flexibility index (Phi) is 6.17. The lowest BCUT2D eigenvalue weighted by molar-refractivity contribution is 0.0528. The smallest absolute Gasteiger partial charge is 0.412 e. The van der Waals surface area contributed by atoms with Gasteiger partial charge in [0.1, 0.15) is 11.6 Å². The first-order chi connectivity index (χ1) is 11.1. The van der Waals surface area contributed by atoms with Gasteiger partial charge in [-0.05, 0) is 25.0 Å². The summed E-state index contributed by atoms with van der Waals surface area (Å²) in [6, 6.07) is 11.1. The van der Waals surface area contributed by atoms with Gasteiger partial charge in [-0.3, -0.25) is 5.32 Å². The molecule has 0 bridgehead atoms. The molecule has 0 saturated carbocycles. The van der Waals surface area contributed by atoms with Gasteiger partial charge in [0.2, 0.25) is 0 Å². The number of hydrogen-bond acceptors (Lipinski definition) is 5. The molecular formula is C17H19NO4S. The number of esters is 1. The summed E-state index contributed by atoms with van der Waals surface area (Å²) < 4.78 is 10.2. The molecule has 122 valence electrons. The van der Waals surface area contributed by atoms with Crippen LogP contribution in [0.5, 0.6) is 0 Å². The molecule has 2 aromatic rings. The number of carbonyl (C=O) groups excluding carboxylic acids is 2. The molecule has 23 heavy (non-hydrogen) atoms. The first kappa shape index (κ1) is 17.0.